The molecule has 24 heavy (non-hydrogen) atoms. The summed E-state index contributed by atoms with van der Waals surface area (Å²) >= 11 is 0. The minimum atomic E-state index is -1.07. The molecular formula is C16H13N3O5. The normalized spacial score (nSPS) is 10.5. The Morgan fingerprint density at radius 1 is 1.25 bits per heavy atom. The molecule has 1 aromatic carbocycles. The second kappa shape index (κ2) is 5.92. The maximum absolute atomic E-state index is 12.4. The quantitative estimate of drug-likeness (QED) is 0.630. The van der Waals surface area contributed by atoms with Gasteiger partial charge in [-0.3, -0.25) is 9.59 Å². The fourth-order valence-corrected chi connectivity index (χ4v) is 2.26. The van der Waals surface area contributed by atoms with Gasteiger partial charge in [0.15, 0.2) is 11.2 Å². The Morgan fingerprint density at radius 2 is 1.96 bits per heavy atom. The van der Waals surface area contributed by atoms with Crippen molar-refractivity contribution in [1.29, 1.82) is 0 Å². The minimum absolute atomic E-state index is 0.0829. The molecule has 0 saturated carbocycles. The van der Waals surface area contributed by atoms with E-state index < -0.39 is 22.8 Å². The lowest BCUT2D eigenvalue weighted by Gasteiger charge is -2.10. The summed E-state index contributed by atoms with van der Waals surface area (Å²) in [6.45, 7) is 0. The van der Waals surface area contributed by atoms with Crippen molar-refractivity contribution in [3.63, 3.8) is 0 Å². The molecule has 0 aliphatic carbocycles. The molecule has 0 aliphatic heterocycles. The van der Waals surface area contributed by atoms with Crippen LogP contribution in [-0.4, -0.2) is 33.0 Å². The van der Waals surface area contributed by atoms with Gasteiger partial charge in [-0.15, -0.1) is 4.73 Å². The fraction of sp³-hybridized carbons (Fsp3) is 0.0625. The number of amides is 1. The molecule has 3 rings (SSSR count). The van der Waals surface area contributed by atoms with Gasteiger partial charge in [-0.05, 0) is 36.4 Å². The lowest BCUT2D eigenvalue weighted by atomic mass is 10.1. The van der Waals surface area contributed by atoms with Gasteiger partial charge in [-0.2, -0.15) is 0 Å². The Bertz CT molecular complexity index is 979. The van der Waals surface area contributed by atoms with Gasteiger partial charge in [0.05, 0.1) is 12.5 Å². The number of hydrogen-bond acceptors (Lipinski definition) is 6. The van der Waals surface area contributed by atoms with E-state index in [0.29, 0.717) is 11.4 Å². The fourth-order valence-electron chi connectivity index (χ4n) is 2.26. The largest absolute Gasteiger partial charge is 0.506 e. The lowest BCUT2D eigenvalue weighted by Crippen LogP contribution is -2.29. The molecule has 3 N–H and O–H groups in total. The number of benzene rings is 1. The average molecular weight is 327 g/mol. The summed E-state index contributed by atoms with van der Waals surface area (Å²) < 4.78 is 5.25. The van der Waals surface area contributed by atoms with Crippen LogP contribution in [-0.2, 0) is 0 Å². The number of carbonyl (C=O) groups excluding carboxylic acids is 1. The molecule has 0 atom stereocenters. The minimum Gasteiger partial charge on any atom is -0.506 e. The summed E-state index contributed by atoms with van der Waals surface area (Å²) in [5, 5.41) is 22.7. The maximum atomic E-state index is 12.4. The summed E-state index contributed by atoms with van der Waals surface area (Å²) in [4.78, 5) is 28.3. The predicted molar refractivity (Wildman–Crippen MR) is 85.8 cm³/mol. The summed E-state index contributed by atoms with van der Waals surface area (Å²) in [5.74, 6) is -0.791. The first kappa shape index (κ1) is 15.3. The standard InChI is InChI=1S/C16H13N3O5/c1-24-10-6-4-9(5-7-10)18-15(21)12-13(20)11-3-2-8-17-14(11)19(23)16(12)22/h2-8,20,23H,1H3,(H,18,21). The van der Waals surface area contributed by atoms with Gasteiger partial charge in [-0.1, -0.05) is 0 Å². The highest BCUT2D eigenvalue weighted by atomic mass is 16.5. The molecule has 0 bridgehead atoms. The predicted octanol–water partition coefficient (Wildman–Crippen LogP) is 1.60. The molecule has 8 nitrogen and oxygen atoms in total. The SMILES string of the molecule is COc1ccc(NC(=O)c2c(O)c3cccnc3n(O)c2=O)cc1. The molecule has 3 aromatic rings. The average Bonchev–Trinajstić information content (AvgIpc) is 2.60. The van der Waals surface area contributed by atoms with Crippen molar-refractivity contribution in [3.05, 3.63) is 58.5 Å². The third kappa shape index (κ3) is 2.50. The van der Waals surface area contributed by atoms with Crippen LogP contribution < -0.4 is 15.6 Å². The van der Waals surface area contributed by atoms with Gasteiger partial charge in [0.1, 0.15) is 11.5 Å². The Kier molecular flexibility index (Phi) is 3.78. The number of methoxy groups -OCH3 is 1. The molecule has 0 unspecified atom stereocenters. The Hall–Kier alpha value is -3.55. The zero-order valence-corrected chi connectivity index (χ0v) is 12.6. The summed E-state index contributed by atoms with van der Waals surface area (Å²) in [6, 6.07) is 9.36. The number of aromatic nitrogens is 2. The monoisotopic (exact) mass is 327 g/mol. The van der Waals surface area contributed by atoms with Crippen molar-refractivity contribution in [2.75, 3.05) is 12.4 Å². The van der Waals surface area contributed by atoms with Gasteiger partial charge < -0.3 is 20.4 Å². The van der Waals surface area contributed by atoms with Gasteiger partial charge in [-0.25, -0.2) is 4.98 Å². The van der Waals surface area contributed by atoms with E-state index in [1.165, 1.54) is 25.4 Å². The maximum Gasteiger partial charge on any atom is 0.301 e. The molecule has 1 amide bonds. The molecule has 0 spiro atoms. The van der Waals surface area contributed by atoms with Crippen LogP contribution in [0.3, 0.4) is 0 Å². The lowest BCUT2D eigenvalue weighted by molar-refractivity contribution is 0.101. The first-order valence-corrected chi connectivity index (χ1v) is 6.90. The van der Waals surface area contributed by atoms with E-state index in [4.69, 9.17) is 4.74 Å². The molecular weight excluding hydrogens is 314 g/mol. The van der Waals surface area contributed by atoms with Crippen molar-refractivity contribution in [2.45, 2.75) is 0 Å². The Morgan fingerprint density at radius 3 is 2.62 bits per heavy atom. The van der Waals surface area contributed by atoms with Crippen molar-refractivity contribution in [2.24, 2.45) is 0 Å². The topological polar surface area (TPSA) is 114 Å². The van der Waals surface area contributed by atoms with Crippen molar-refractivity contribution in [3.8, 4) is 11.5 Å². The molecule has 2 heterocycles. The van der Waals surface area contributed by atoms with Crippen molar-refractivity contribution in [1.82, 2.24) is 9.71 Å². The zero-order valence-electron chi connectivity index (χ0n) is 12.6. The number of anilines is 1. The summed E-state index contributed by atoms with van der Waals surface area (Å²) in [7, 11) is 1.51. The first-order valence-electron chi connectivity index (χ1n) is 6.90. The second-order valence-electron chi connectivity index (χ2n) is 4.90. The van der Waals surface area contributed by atoms with E-state index in [-0.39, 0.29) is 15.8 Å². The van der Waals surface area contributed by atoms with Crippen LogP contribution in [0.1, 0.15) is 10.4 Å². The Labute approximate surface area is 135 Å². The third-order valence-corrected chi connectivity index (χ3v) is 3.46. The third-order valence-electron chi connectivity index (χ3n) is 3.46. The van der Waals surface area contributed by atoms with Crippen LogP contribution >= 0.6 is 0 Å². The molecule has 2 aromatic heterocycles. The van der Waals surface area contributed by atoms with E-state index in [1.54, 1.807) is 24.3 Å². The first-order chi connectivity index (χ1) is 11.5. The van der Waals surface area contributed by atoms with Crippen LogP contribution in [0.4, 0.5) is 5.69 Å². The van der Waals surface area contributed by atoms with Crippen molar-refractivity contribution < 1.29 is 19.8 Å². The number of carbonyl (C=O) groups is 1. The number of hydrogen-bond donors (Lipinski definition) is 3. The van der Waals surface area contributed by atoms with Crippen molar-refractivity contribution >= 4 is 22.6 Å². The van der Waals surface area contributed by atoms with E-state index in [0.717, 1.165) is 0 Å². The van der Waals surface area contributed by atoms with Crippen LogP contribution in [0.25, 0.3) is 11.0 Å². The van der Waals surface area contributed by atoms with Gasteiger partial charge in [0.2, 0.25) is 0 Å². The second-order valence-corrected chi connectivity index (χ2v) is 4.90. The molecule has 0 saturated heterocycles. The molecule has 122 valence electrons. The number of rotatable bonds is 3. The summed E-state index contributed by atoms with van der Waals surface area (Å²) in [5.41, 5.74) is -1.38. The van der Waals surface area contributed by atoms with Gasteiger partial charge in [0.25, 0.3) is 5.91 Å². The molecule has 0 aliphatic rings. The van der Waals surface area contributed by atoms with Gasteiger partial charge >= 0.3 is 5.56 Å². The number of aromatic hydroxyl groups is 1. The van der Waals surface area contributed by atoms with E-state index >= 15 is 0 Å². The number of nitrogens with one attached hydrogen (secondary N) is 1. The van der Waals surface area contributed by atoms with E-state index in [9.17, 15) is 19.9 Å². The zero-order chi connectivity index (χ0) is 17.3. The molecule has 8 heteroatoms. The smallest absolute Gasteiger partial charge is 0.301 e. The Balaban J connectivity index is 2.05. The van der Waals surface area contributed by atoms with E-state index in [1.807, 2.05) is 0 Å². The number of ether oxygens (including phenoxy) is 1. The van der Waals surface area contributed by atoms with Gasteiger partial charge in [0, 0.05) is 11.9 Å². The number of pyridine rings is 2. The number of nitrogens with zero attached hydrogens (tertiary/aromatic N) is 2. The highest BCUT2D eigenvalue weighted by molar-refractivity contribution is 6.08. The number of fused-ring (bicyclic) bond motifs is 1. The van der Waals surface area contributed by atoms with Crippen LogP contribution in [0.15, 0.2) is 47.4 Å². The van der Waals surface area contributed by atoms with Crippen LogP contribution in [0.5, 0.6) is 11.5 Å². The summed E-state index contributed by atoms with van der Waals surface area (Å²) in [6.07, 6.45) is 1.35. The van der Waals surface area contributed by atoms with Crippen LogP contribution in [0.2, 0.25) is 0 Å². The molecule has 0 radical (unpaired) electrons. The highest BCUT2D eigenvalue weighted by Gasteiger charge is 2.22. The van der Waals surface area contributed by atoms with E-state index in [2.05, 4.69) is 10.3 Å². The molecule has 0 fully saturated rings. The van der Waals surface area contributed by atoms with Crippen LogP contribution in [0, 0.1) is 0 Å². The highest BCUT2D eigenvalue weighted by Crippen LogP contribution is 2.25.